The van der Waals surface area contributed by atoms with Crippen molar-refractivity contribution in [3.8, 4) is 11.4 Å². The molecule has 2 aliphatic heterocycles. The summed E-state index contributed by atoms with van der Waals surface area (Å²) in [5.74, 6) is 0.173. The lowest BCUT2D eigenvalue weighted by Gasteiger charge is -2.24. The summed E-state index contributed by atoms with van der Waals surface area (Å²) < 4.78 is 1.67. The number of rotatable bonds is 3. The molecule has 0 amide bonds. The van der Waals surface area contributed by atoms with E-state index in [9.17, 15) is 9.90 Å². The number of phenolic OH excluding ortho intramolecular Hbond substituents is 1. The molecule has 1 aromatic heterocycles. The van der Waals surface area contributed by atoms with E-state index < -0.39 is 0 Å². The number of hydrogen-bond acceptors (Lipinski definition) is 4. The van der Waals surface area contributed by atoms with Crippen LogP contribution in [0.15, 0.2) is 59.5 Å². The van der Waals surface area contributed by atoms with Crippen LogP contribution >= 0.6 is 0 Å². The number of likely N-dealkylation sites (tertiary alicyclic amines) is 1. The zero-order valence-electron chi connectivity index (χ0n) is 15.9. The molecule has 144 valence electrons. The number of aromatic hydroxyl groups is 1. The van der Waals surface area contributed by atoms with Crippen molar-refractivity contribution in [1.82, 2.24) is 9.47 Å². The Morgan fingerprint density at radius 1 is 0.893 bits per heavy atom. The lowest BCUT2D eigenvalue weighted by atomic mass is 10.1. The van der Waals surface area contributed by atoms with Gasteiger partial charge < -0.3 is 10.0 Å². The summed E-state index contributed by atoms with van der Waals surface area (Å²) in [6.45, 7) is 4.69. The topological polar surface area (TPSA) is 48.7 Å². The predicted octanol–water partition coefficient (Wildman–Crippen LogP) is 3.37. The Bertz CT molecular complexity index is 1050. The number of anilines is 1. The Morgan fingerprint density at radius 3 is 2.43 bits per heavy atom. The number of benzene rings is 2. The maximum atomic E-state index is 12.8. The summed E-state index contributed by atoms with van der Waals surface area (Å²) in [4.78, 5) is 17.9. The quantitative estimate of drug-likeness (QED) is 0.763. The predicted molar refractivity (Wildman–Crippen MR) is 113 cm³/mol. The van der Waals surface area contributed by atoms with E-state index in [1.54, 1.807) is 29.0 Å². The standard InChI is InChI=1S/C23H25N3O2/c27-21-7-8-22-17(15-21)9-14-26(23(22)28)19-5-3-18(4-6-19)25-13-10-20(16-25)24-11-1-2-12-24/h3-9,14-15,20,27H,1-2,10-13,16H2/t20-/m1/s1. The molecule has 28 heavy (non-hydrogen) atoms. The molecule has 3 aromatic rings. The highest BCUT2D eigenvalue weighted by Gasteiger charge is 2.29. The minimum Gasteiger partial charge on any atom is -0.508 e. The summed E-state index contributed by atoms with van der Waals surface area (Å²) >= 11 is 0. The van der Waals surface area contributed by atoms with E-state index in [-0.39, 0.29) is 11.3 Å². The molecule has 0 aliphatic carbocycles. The van der Waals surface area contributed by atoms with E-state index in [4.69, 9.17) is 0 Å². The van der Waals surface area contributed by atoms with E-state index in [0.29, 0.717) is 11.4 Å². The largest absolute Gasteiger partial charge is 0.508 e. The van der Waals surface area contributed by atoms with Gasteiger partial charge in [0.05, 0.1) is 0 Å². The Kier molecular flexibility index (Phi) is 4.32. The van der Waals surface area contributed by atoms with Crippen LogP contribution in [0.3, 0.4) is 0 Å². The van der Waals surface area contributed by atoms with Gasteiger partial charge in [0.1, 0.15) is 5.75 Å². The molecule has 2 fully saturated rings. The Balaban J connectivity index is 1.38. The highest BCUT2D eigenvalue weighted by molar-refractivity contribution is 5.83. The molecule has 5 heteroatoms. The number of phenols is 1. The molecule has 0 bridgehead atoms. The second-order valence-corrected chi connectivity index (χ2v) is 7.91. The minimum absolute atomic E-state index is 0.0690. The first kappa shape index (κ1) is 17.3. The lowest BCUT2D eigenvalue weighted by Crippen LogP contribution is -2.35. The fourth-order valence-corrected chi connectivity index (χ4v) is 4.64. The fraction of sp³-hybridized carbons (Fsp3) is 0.348. The average Bonchev–Trinajstić information content (AvgIpc) is 3.40. The molecule has 0 spiro atoms. The van der Waals surface area contributed by atoms with Crippen LogP contribution in [0.2, 0.25) is 0 Å². The van der Waals surface area contributed by atoms with E-state index in [0.717, 1.165) is 24.2 Å². The van der Waals surface area contributed by atoms with Crippen LogP contribution < -0.4 is 10.5 Å². The molecule has 2 saturated heterocycles. The first-order chi connectivity index (χ1) is 13.7. The third kappa shape index (κ3) is 3.06. The second kappa shape index (κ2) is 6.99. The molecule has 1 N–H and O–H groups in total. The monoisotopic (exact) mass is 375 g/mol. The number of fused-ring (bicyclic) bond motifs is 1. The van der Waals surface area contributed by atoms with Crippen molar-refractivity contribution < 1.29 is 5.11 Å². The maximum absolute atomic E-state index is 12.8. The molecule has 1 atom stereocenters. The van der Waals surface area contributed by atoms with E-state index in [1.807, 2.05) is 18.2 Å². The number of nitrogens with zero attached hydrogens (tertiary/aromatic N) is 3. The van der Waals surface area contributed by atoms with Gasteiger partial charge in [-0.3, -0.25) is 14.3 Å². The molecule has 0 unspecified atom stereocenters. The summed E-state index contributed by atoms with van der Waals surface area (Å²) in [7, 11) is 0. The van der Waals surface area contributed by atoms with E-state index in [2.05, 4.69) is 21.9 Å². The Morgan fingerprint density at radius 2 is 1.64 bits per heavy atom. The summed E-state index contributed by atoms with van der Waals surface area (Å²) in [5, 5.41) is 11.0. The van der Waals surface area contributed by atoms with Gasteiger partial charge in [-0.15, -0.1) is 0 Å². The third-order valence-electron chi connectivity index (χ3n) is 6.20. The number of pyridine rings is 1. The highest BCUT2D eigenvalue weighted by Crippen LogP contribution is 2.26. The minimum atomic E-state index is -0.0690. The van der Waals surface area contributed by atoms with E-state index in [1.165, 1.54) is 38.0 Å². The van der Waals surface area contributed by atoms with Crippen LogP contribution in [0.4, 0.5) is 5.69 Å². The van der Waals surface area contributed by atoms with Gasteiger partial charge in [-0.25, -0.2) is 0 Å². The van der Waals surface area contributed by atoms with Crippen LogP contribution in [0.1, 0.15) is 19.3 Å². The Hall–Kier alpha value is -2.79. The van der Waals surface area contributed by atoms with Gasteiger partial charge in [0, 0.05) is 42.1 Å². The first-order valence-electron chi connectivity index (χ1n) is 10.1. The van der Waals surface area contributed by atoms with Crippen molar-refractivity contribution in [2.45, 2.75) is 25.3 Å². The van der Waals surface area contributed by atoms with Gasteiger partial charge in [0.15, 0.2) is 0 Å². The van der Waals surface area contributed by atoms with Crippen molar-refractivity contribution in [1.29, 1.82) is 0 Å². The van der Waals surface area contributed by atoms with Crippen molar-refractivity contribution in [3.63, 3.8) is 0 Å². The summed E-state index contributed by atoms with van der Waals surface area (Å²) in [5.41, 5.74) is 2.02. The smallest absolute Gasteiger partial charge is 0.262 e. The highest BCUT2D eigenvalue weighted by atomic mass is 16.3. The van der Waals surface area contributed by atoms with Crippen LogP contribution in [-0.4, -0.2) is 46.8 Å². The van der Waals surface area contributed by atoms with Crippen molar-refractivity contribution in [2.75, 3.05) is 31.1 Å². The van der Waals surface area contributed by atoms with Gasteiger partial charge in [0.25, 0.3) is 5.56 Å². The number of aromatic nitrogens is 1. The Labute approximate surface area is 164 Å². The molecule has 5 rings (SSSR count). The van der Waals surface area contributed by atoms with Crippen molar-refractivity contribution in [3.05, 3.63) is 65.1 Å². The van der Waals surface area contributed by atoms with Crippen LogP contribution in [-0.2, 0) is 0 Å². The SMILES string of the molecule is O=c1c2ccc(O)cc2ccn1-c1ccc(N2CC[C@@H](N3CCCC3)C2)cc1. The van der Waals surface area contributed by atoms with Gasteiger partial charge in [0.2, 0.25) is 0 Å². The molecule has 0 radical (unpaired) electrons. The zero-order chi connectivity index (χ0) is 19.1. The molecule has 0 saturated carbocycles. The first-order valence-corrected chi connectivity index (χ1v) is 10.1. The van der Waals surface area contributed by atoms with Crippen LogP contribution in [0, 0.1) is 0 Å². The fourth-order valence-electron chi connectivity index (χ4n) is 4.64. The van der Waals surface area contributed by atoms with Gasteiger partial charge in [-0.2, -0.15) is 0 Å². The van der Waals surface area contributed by atoms with Gasteiger partial charge in [-0.1, -0.05) is 0 Å². The normalized spacial score (nSPS) is 20.3. The molecule has 2 aliphatic rings. The molecule has 5 nitrogen and oxygen atoms in total. The van der Waals surface area contributed by atoms with Gasteiger partial charge >= 0.3 is 0 Å². The summed E-state index contributed by atoms with van der Waals surface area (Å²) in [6, 6.07) is 15.7. The molecular weight excluding hydrogens is 350 g/mol. The zero-order valence-corrected chi connectivity index (χ0v) is 15.9. The lowest BCUT2D eigenvalue weighted by molar-refractivity contribution is 0.260. The molecule has 2 aromatic carbocycles. The van der Waals surface area contributed by atoms with Crippen molar-refractivity contribution in [2.24, 2.45) is 0 Å². The molecular formula is C23H25N3O2. The summed E-state index contributed by atoms with van der Waals surface area (Å²) in [6.07, 6.45) is 5.69. The molecule has 3 heterocycles. The third-order valence-corrected chi connectivity index (χ3v) is 6.20. The van der Waals surface area contributed by atoms with Gasteiger partial charge in [-0.05, 0) is 86.3 Å². The van der Waals surface area contributed by atoms with Crippen molar-refractivity contribution >= 4 is 16.5 Å². The second-order valence-electron chi connectivity index (χ2n) is 7.91. The van der Waals surface area contributed by atoms with Crippen LogP contribution in [0.5, 0.6) is 5.75 Å². The average molecular weight is 375 g/mol. The number of hydrogen-bond donors (Lipinski definition) is 1. The maximum Gasteiger partial charge on any atom is 0.262 e. The van der Waals surface area contributed by atoms with Crippen LogP contribution in [0.25, 0.3) is 16.5 Å². The van der Waals surface area contributed by atoms with E-state index >= 15 is 0 Å².